The highest BCUT2D eigenvalue weighted by Crippen LogP contribution is 2.65. The fourth-order valence-corrected chi connectivity index (χ4v) is 9.50. The van der Waals surface area contributed by atoms with E-state index in [1.807, 2.05) is 83.8 Å². The number of anilines is 1. The van der Waals surface area contributed by atoms with E-state index in [0.29, 0.717) is 41.2 Å². The number of aliphatic hydroxyl groups is 1. The number of primary amides is 1. The molecule has 6 unspecified atom stereocenters. The molecule has 4 heterocycles. The van der Waals surface area contributed by atoms with Crippen LogP contribution in [0.1, 0.15) is 78.1 Å². The number of morpholine rings is 1. The molecule has 6 atom stereocenters. The van der Waals surface area contributed by atoms with Crippen molar-refractivity contribution in [2.24, 2.45) is 11.7 Å². The van der Waals surface area contributed by atoms with Crippen molar-refractivity contribution in [1.82, 2.24) is 15.1 Å². The summed E-state index contributed by atoms with van der Waals surface area (Å²) in [6.45, 7) is 0.973. The second-order valence-corrected chi connectivity index (χ2v) is 15.2. The van der Waals surface area contributed by atoms with Gasteiger partial charge in [-0.1, -0.05) is 104 Å². The third-order valence-electron chi connectivity index (χ3n) is 11.9. The zero-order valence-electron chi connectivity index (χ0n) is 32.1. The minimum Gasteiger partial charge on any atom is -0.491 e. The van der Waals surface area contributed by atoms with Gasteiger partial charge >= 0.3 is 12.0 Å². The zero-order chi connectivity index (χ0) is 40.2. The lowest BCUT2D eigenvalue weighted by atomic mass is 9.65. The van der Waals surface area contributed by atoms with Crippen molar-refractivity contribution in [3.05, 3.63) is 131 Å². The minimum atomic E-state index is -1.65. The van der Waals surface area contributed by atoms with E-state index in [2.05, 4.69) is 27.4 Å². The van der Waals surface area contributed by atoms with Gasteiger partial charge in [-0.25, -0.2) is 4.79 Å². The van der Waals surface area contributed by atoms with Crippen LogP contribution in [0.25, 0.3) is 0 Å². The molecule has 0 aliphatic carbocycles. The number of nitrogens with one attached hydrogen (secondary N) is 2. The van der Waals surface area contributed by atoms with Crippen LogP contribution in [-0.2, 0) is 24.5 Å². The Morgan fingerprint density at radius 3 is 2.21 bits per heavy atom. The Morgan fingerprint density at radius 1 is 0.862 bits per heavy atom. The molecule has 12 nitrogen and oxygen atoms in total. The van der Waals surface area contributed by atoms with Crippen molar-refractivity contribution in [1.29, 1.82) is 0 Å². The fraction of sp³-hybridized carbons (Fsp3) is 0.348. The summed E-state index contributed by atoms with van der Waals surface area (Å²) in [5, 5.41) is 15.1. The summed E-state index contributed by atoms with van der Waals surface area (Å²) < 4.78 is 12.3. The van der Waals surface area contributed by atoms with Gasteiger partial charge in [-0.3, -0.25) is 19.3 Å². The van der Waals surface area contributed by atoms with Gasteiger partial charge in [-0.2, -0.15) is 0 Å². The van der Waals surface area contributed by atoms with Gasteiger partial charge in [0.25, 0.3) is 0 Å². The molecule has 58 heavy (non-hydrogen) atoms. The quantitative estimate of drug-likeness (QED) is 0.141. The van der Waals surface area contributed by atoms with Crippen molar-refractivity contribution in [2.45, 2.75) is 61.7 Å². The molecule has 0 radical (unpaired) electrons. The molecule has 3 saturated heterocycles. The van der Waals surface area contributed by atoms with Crippen LogP contribution in [-0.4, -0.2) is 77.6 Å². The third-order valence-corrected chi connectivity index (χ3v) is 11.9. The van der Waals surface area contributed by atoms with E-state index in [9.17, 15) is 9.90 Å². The molecule has 0 saturated carbocycles. The Balaban J connectivity index is 1.40. The number of aliphatic hydroxyl groups excluding tert-OH is 1. The Labute approximate surface area is 337 Å². The molecular weight excluding hydrogens is 735 g/mol. The number of fused-ring (bicyclic) bond motifs is 3. The number of nitrogens with zero attached hydrogens (tertiary/aromatic N) is 2. The molecule has 4 aliphatic rings. The van der Waals surface area contributed by atoms with Crippen LogP contribution in [0.15, 0.2) is 103 Å². The predicted octanol–water partition coefficient (Wildman–Crippen LogP) is 5.14. The summed E-state index contributed by atoms with van der Waals surface area (Å²) in [4.78, 5) is 61.5. The van der Waals surface area contributed by atoms with Crippen molar-refractivity contribution < 1.29 is 33.8 Å². The molecule has 1 spiro atoms. The fourth-order valence-electron chi connectivity index (χ4n) is 9.50. The number of carbonyl (C=O) groups excluding carboxylic acids is 4. The van der Waals surface area contributed by atoms with E-state index in [4.69, 9.17) is 15.2 Å². The number of hydrogen-bond acceptors (Lipinski definition) is 8. The highest BCUT2D eigenvalue weighted by molar-refractivity contribution is 6.12. The molecule has 4 aliphatic heterocycles. The van der Waals surface area contributed by atoms with Gasteiger partial charge in [0.05, 0.1) is 31.2 Å². The monoisotopic (exact) mass is 781 g/mol. The maximum atomic E-state index is 15.7. The van der Waals surface area contributed by atoms with Crippen molar-refractivity contribution in [2.75, 3.05) is 38.2 Å². The first-order valence-corrected chi connectivity index (χ1v) is 20.0. The summed E-state index contributed by atoms with van der Waals surface area (Å²) in [5.74, 6) is 4.10. The molecule has 4 aromatic carbocycles. The SMILES string of the molecule is NC(=O)NCC#Cc1ccc2c(c1)C1(C(=O)N2)C(C(=O)N2CCCCCCC2)C2C(=O)OC(c3ccccc3)C(c3ccccc3)N2C1c1ccc(OCCO)cc1. The molecule has 5 N–H and O–H groups in total. The van der Waals surface area contributed by atoms with Gasteiger partial charge in [0.1, 0.15) is 29.9 Å². The average molecular weight is 782 g/mol. The van der Waals surface area contributed by atoms with Crippen molar-refractivity contribution in [3.63, 3.8) is 0 Å². The zero-order valence-corrected chi connectivity index (χ0v) is 32.1. The number of rotatable bonds is 8. The lowest BCUT2D eigenvalue weighted by Gasteiger charge is -2.46. The molecule has 3 fully saturated rings. The highest BCUT2D eigenvalue weighted by atomic mass is 16.6. The Hall–Kier alpha value is -6.16. The van der Waals surface area contributed by atoms with Crippen LogP contribution in [0.2, 0.25) is 0 Å². The Bertz CT molecular complexity index is 2220. The summed E-state index contributed by atoms with van der Waals surface area (Å²) >= 11 is 0. The smallest absolute Gasteiger partial charge is 0.324 e. The molecule has 4 amide bonds. The van der Waals surface area contributed by atoms with Crippen LogP contribution >= 0.6 is 0 Å². The summed E-state index contributed by atoms with van der Waals surface area (Å²) in [5.41, 5.74) is 7.58. The maximum Gasteiger partial charge on any atom is 0.324 e. The van der Waals surface area contributed by atoms with Gasteiger partial charge in [0, 0.05) is 24.3 Å². The van der Waals surface area contributed by atoms with E-state index in [1.54, 1.807) is 24.3 Å². The normalized spacial score (nSPS) is 25.3. The lowest BCUT2D eigenvalue weighted by Crippen LogP contribution is -2.55. The second kappa shape index (κ2) is 16.7. The van der Waals surface area contributed by atoms with Crippen LogP contribution in [0.4, 0.5) is 10.5 Å². The number of carbonyl (C=O) groups is 4. The third kappa shape index (κ3) is 7.05. The highest BCUT2D eigenvalue weighted by Gasteiger charge is 2.74. The summed E-state index contributed by atoms with van der Waals surface area (Å²) in [7, 11) is 0. The van der Waals surface area contributed by atoms with Crippen LogP contribution in [0, 0.1) is 17.8 Å². The molecule has 12 heteroatoms. The second-order valence-electron chi connectivity index (χ2n) is 15.2. The number of cyclic esters (lactones) is 1. The lowest BCUT2D eigenvalue weighted by molar-refractivity contribution is -0.179. The molecule has 0 bridgehead atoms. The minimum absolute atomic E-state index is 0.0134. The number of hydrogen-bond donors (Lipinski definition) is 4. The number of esters is 1. The van der Waals surface area contributed by atoms with E-state index < -0.39 is 53.5 Å². The van der Waals surface area contributed by atoms with Crippen LogP contribution < -0.4 is 21.1 Å². The topological polar surface area (TPSA) is 164 Å². The first-order valence-electron chi connectivity index (χ1n) is 20.0. The van der Waals surface area contributed by atoms with E-state index in [-0.39, 0.29) is 25.7 Å². The number of likely N-dealkylation sites (tertiary alicyclic amines) is 1. The average Bonchev–Trinajstić information content (AvgIpc) is 3.70. The van der Waals surface area contributed by atoms with Gasteiger partial charge in [0.15, 0.2) is 0 Å². The number of nitrogens with two attached hydrogens (primary N) is 1. The largest absolute Gasteiger partial charge is 0.491 e. The van der Waals surface area contributed by atoms with Gasteiger partial charge < -0.3 is 35.8 Å². The molecular formula is C46H47N5O7. The van der Waals surface area contributed by atoms with Crippen molar-refractivity contribution in [3.8, 4) is 17.6 Å². The predicted molar refractivity (Wildman–Crippen MR) is 216 cm³/mol. The molecule has 8 rings (SSSR count). The van der Waals surface area contributed by atoms with Gasteiger partial charge in [-0.15, -0.1) is 0 Å². The first kappa shape index (κ1) is 38.7. The number of amides is 4. The van der Waals surface area contributed by atoms with E-state index >= 15 is 14.4 Å². The number of benzene rings is 4. The molecule has 0 aromatic heterocycles. The van der Waals surface area contributed by atoms with Crippen LogP contribution in [0.5, 0.6) is 5.75 Å². The standard InChI is InChI=1S/C46H47N5O7/c47-45(56)48-24-12-13-30-18-23-36-35(29-30)46(44(55)49-36)37(42(53)50-25-10-2-1-3-11-26-50)39-43(54)58-40(32-16-8-5-9-17-32)38(31-14-6-4-7-15-31)51(39)41(46)33-19-21-34(22-20-33)57-28-27-52/h4-9,14-23,29,37-41,52H,1-3,10-11,24-28H2,(H,49,55)(H3,47,48,56). The summed E-state index contributed by atoms with van der Waals surface area (Å²) in [6, 6.07) is 28.7. The van der Waals surface area contributed by atoms with Gasteiger partial charge in [0.2, 0.25) is 11.8 Å². The molecule has 4 aromatic rings. The van der Waals surface area contributed by atoms with E-state index in [1.165, 1.54) is 0 Å². The number of urea groups is 1. The van der Waals surface area contributed by atoms with Crippen molar-refractivity contribution >= 4 is 29.5 Å². The van der Waals surface area contributed by atoms with Crippen LogP contribution in [0.3, 0.4) is 0 Å². The number of ether oxygens (including phenoxy) is 2. The van der Waals surface area contributed by atoms with E-state index in [0.717, 1.165) is 43.2 Å². The van der Waals surface area contributed by atoms with Gasteiger partial charge in [-0.05, 0) is 65.4 Å². The Kier molecular flexibility index (Phi) is 11.2. The summed E-state index contributed by atoms with van der Waals surface area (Å²) in [6.07, 6.45) is 3.89. The Morgan fingerprint density at radius 2 is 1.53 bits per heavy atom. The first-order chi connectivity index (χ1) is 28.3. The molecule has 298 valence electrons. The maximum absolute atomic E-state index is 15.7.